The van der Waals surface area contributed by atoms with Gasteiger partial charge in [0.15, 0.2) is 11.6 Å². The first-order valence-corrected chi connectivity index (χ1v) is 5.98. The topological polar surface area (TPSA) is 71.0 Å². The van der Waals surface area contributed by atoms with Gasteiger partial charge in [-0.3, -0.25) is 5.10 Å². The van der Waals surface area contributed by atoms with E-state index in [0.717, 1.165) is 11.1 Å². The summed E-state index contributed by atoms with van der Waals surface area (Å²) in [5, 5.41) is 15.6. The van der Waals surface area contributed by atoms with Gasteiger partial charge in [-0.15, -0.1) is 0 Å². The van der Waals surface area contributed by atoms with Crippen LogP contribution in [0.15, 0.2) is 24.3 Å². The zero-order chi connectivity index (χ0) is 13.0. The minimum Gasteiger partial charge on any atom is -0.388 e. The first-order valence-electron chi connectivity index (χ1n) is 5.98. The van der Waals surface area contributed by atoms with E-state index in [9.17, 15) is 0 Å². The fraction of sp³-hybridized carbons (Fsp3) is 0.385. The molecule has 1 unspecified atom stereocenters. The Morgan fingerprint density at radius 1 is 1.33 bits per heavy atom. The quantitative estimate of drug-likeness (QED) is 0.848. The molecule has 2 N–H and O–H groups in total. The molecular formula is C13H17N3O2. The summed E-state index contributed by atoms with van der Waals surface area (Å²) in [5.41, 5.74) is 2.04. The van der Waals surface area contributed by atoms with Crippen molar-refractivity contribution in [1.29, 1.82) is 0 Å². The number of aliphatic hydroxyl groups excluding tert-OH is 1. The maximum Gasteiger partial charge on any atom is 0.181 e. The molecule has 0 aliphatic carbocycles. The van der Waals surface area contributed by atoms with Crippen molar-refractivity contribution in [2.45, 2.75) is 26.6 Å². The lowest BCUT2D eigenvalue weighted by Crippen LogP contribution is -1.99. The summed E-state index contributed by atoms with van der Waals surface area (Å²) in [5.74, 6) is 1.06. The lowest BCUT2D eigenvalue weighted by Gasteiger charge is -2.11. The number of benzene rings is 1. The first kappa shape index (κ1) is 12.7. The highest BCUT2D eigenvalue weighted by Gasteiger charge is 2.08. The van der Waals surface area contributed by atoms with E-state index in [1.807, 2.05) is 38.1 Å². The highest BCUT2D eigenvalue weighted by atomic mass is 16.5. The Labute approximate surface area is 106 Å². The van der Waals surface area contributed by atoms with Gasteiger partial charge < -0.3 is 9.84 Å². The SMILES string of the molecule is CCOC(C)c1ccc(-c2n[nH]c(CO)n2)cc1. The molecule has 0 saturated carbocycles. The van der Waals surface area contributed by atoms with Crippen LogP contribution >= 0.6 is 0 Å². The van der Waals surface area contributed by atoms with Crippen molar-refractivity contribution in [3.8, 4) is 11.4 Å². The Morgan fingerprint density at radius 2 is 2.06 bits per heavy atom. The number of nitrogens with zero attached hydrogens (tertiary/aromatic N) is 2. The van der Waals surface area contributed by atoms with E-state index in [1.165, 1.54) is 0 Å². The lowest BCUT2D eigenvalue weighted by molar-refractivity contribution is 0.0764. The van der Waals surface area contributed by atoms with Gasteiger partial charge in [-0.05, 0) is 19.4 Å². The molecule has 0 saturated heterocycles. The summed E-state index contributed by atoms with van der Waals surface area (Å²) < 4.78 is 5.52. The van der Waals surface area contributed by atoms with Crippen LogP contribution in [0.5, 0.6) is 0 Å². The number of nitrogens with one attached hydrogen (secondary N) is 1. The van der Waals surface area contributed by atoms with Crippen LogP contribution in [0, 0.1) is 0 Å². The van der Waals surface area contributed by atoms with Crippen molar-refractivity contribution in [1.82, 2.24) is 15.2 Å². The van der Waals surface area contributed by atoms with Crippen molar-refractivity contribution >= 4 is 0 Å². The number of aromatic amines is 1. The minimum atomic E-state index is -0.132. The molecule has 0 spiro atoms. The normalized spacial score (nSPS) is 12.6. The van der Waals surface area contributed by atoms with Crippen LogP contribution in [-0.4, -0.2) is 26.9 Å². The molecule has 96 valence electrons. The summed E-state index contributed by atoms with van der Waals surface area (Å²) in [6, 6.07) is 7.92. The van der Waals surface area contributed by atoms with E-state index in [-0.39, 0.29) is 12.7 Å². The van der Waals surface area contributed by atoms with Crippen molar-refractivity contribution in [2.24, 2.45) is 0 Å². The predicted molar refractivity (Wildman–Crippen MR) is 67.8 cm³/mol. The van der Waals surface area contributed by atoms with E-state index in [4.69, 9.17) is 9.84 Å². The highest BCUT2D eigenvalue weighted by Crippen LogP contribution is 2.21. The van der Waals surface area contributed by atoms with Crippen molar-refractivity contribution in [3.63, 3.8) is 0 Å². The highest BCUT2D eigenvalue weighted by molar-refractivity contribution is 5.55. The van der Waals surface area contributed by atoms with Crippen LogP contribution in [-0.2, 0) is 11.3 Å². The molecule has 0 aliphatic heterocycles. The molecule has 0 aliphatic rings. The Morgan fingerprint density at radius 3 is 2.61 bits per heavy atom. The van der Waals surface area contributed by atoms with Crippen LogP contribution in [0.2, 0.25) is 0 Å². The van der Waals surface area contributed by atoms with Crippen LogP contribution in [0.3, 0.4) is 0 Å². The molecule has 0 radical (unpaired) electrons. The Hall–Kier alpha value is -1.72. The number of hydrogen-bond acceptors (Lipinski definition) is 4. The monoisotopic (exact) mass is 247 g/mol. The van der Waals surface area contributed by atoms with E-state index < -0.39 is 0 Å². The number of hydrogen-bond donors (Lipinski definition) is 2. The van der Waals surface area contributed by atoms with Crippen LogP contribution in [0.1, 0.15) is 31.3 Å². The molecule has 5 heteroatoms. The smallest absolute Gasteiger partial charge is 0.181 e. The maximum atomic E-state index is 8.92. The van der Waals surface area contributed by atoms with Gasteiger partial charge in [0.1, 0.15) is 6.61 Å². The molecule has 1 heterocycles. The van der Waals surface area contributed by atoms with Gasteiger partial charge in [-0.25, -0.2) is 4.98 Å². The second-order valence-electron chi connectivity index (χ2n) is 3.98. The van der Waals surface area contributed by atoms with Gasteiger partial charge in [0.25, 0.3) is 0 Å². The Kier molecular flexibility index (Phi) is 4.07. The van der Waals surface area contributed by atoms with E-state index >= 15 is 0 Å². The predicted octanol–water partition coefficient (Wildman–Crippen LogP) is 2.06. The number of aliphatic hydroxyl groups is 1. The van der Waals surface area contributed by atoms with Gasteiger partial charge in [0.05, 0.1) is 6.10 Å². The van der Waals surface area contributed by atoms with Gasteiger partial charge in [0.2, 0.25) is 0 Å². The molecule has 0 fully saturated rings. The Balaban J connectivity index is 2.16. The molecule has 2 aromatic rings. The Bertz CT molecular complexity index is 493. The van der Waals surface area contributed by atoms with E-state index in [1.54, 1.807) is 0 Å². The molecule has 1 aromatic heterocycles. The number of rotatable bonds is 5. The summed E-state index contributed by atoms with van der Waals surface area (Å²) in [4.78, 5) is 4.16. The molecule has 0 bridgehead atoms. The third-order valence-electron chi connectivity index (χ3n) is 2.74. The zero-order valence-electron chi connectivity index (χ0n) is 10.6. The molecular weight excluding hydrogens is 230 g/mol. The molecule has 0 amide bonds. The molecule has 18 heavy (non-hydrogen) atoms. The van der Waals surface area contributed by atoms with Crippen LogP contribution in [0.25, 0.3) is 11.4 Å². The van der Waals surface area contributed by atoms with Crippen molar-refractivity contribution in [2.75, 3.05) is 6.61 Å². The van der Waals surface area contributed by atoms with Gasteiger partial charge in [-0.1, -0.05) is 24.3 Å². The second-order valence-corrected chi connectivity index (χ2v) is 3.98. The largest absolute Gasteiger partial charge is 0.388 e. The van der Waals surface area contributed by atoms with Crippen molar-refractivity contribution < 1.29 is 9.84 Å². The summed E-state index contributed by atoms with van der Waals surface area (Å²) in [6.07, 6.45) is 0.0872. The molecule has 5 nitrogen and oxygen atoms in total. The summed E-state index contributed by atoms with van der Waals surface area (Å²) >= 11 is 0. The van der Waals surface area contributed by atoms with Gasteiger partial charge in [0, 0.05) is 12.2 Å². The van der Waals surface area contributed by atoms with Gasteiger partial charge >= 0.3 is 0 Å². The molecule has 1 aromatic carbocycles. The number of H-pyrrole nitrogens is 1. The second kappa shape index (κ2) is 5.75. The lowest BCUT2D eigenvalue weighted by atomic mass is 10.1. The average Bonchev–Trinajstić information content (AvgIpc) is 2.88. The maximum absolute atomic E-state index is 8.92. The summed E-state index contributed by atoms with van der Waals surface area (Å²) in [7, 11) is 0. The standard InChI is InChI=1S/C13H17N3O2/c1-3-18-9(2)10-4-6-11(7-5-10)13-14-12(8-17)15-16-13/h4-7,9,17H,3,8H2,1-2H3,(H,14,15,16). The van der Waals surface area contributed by atoms with E-state index in [2.05, 4.69) is 15.2 Å². The minimum absolute atomic E-state index is 0.0872. The molecule has 1 atom stereocenters. The molecule has 2 rings (SSSR count). The number of aromatic nitrogens is 3. The van der Waals surface area contributed by atoms with E-state index in [0.29, 0.717) is 18.3 Å². The summed E-state index contributed by atoms with van der Waals surface area (Å²) in [6.45, 7) is 4.57. The third-order valence-corrected chi connectivity index (χ3v) is 2.74. The zero-order valence-corrected chi connectivity index (χ0v) is 10.6. The van der Waals surface area contributed by atoms with Crippen LogP contribution < -0.4 is 0 Å². The third kappa shape index (κ3) is 2.75. The van der Waals surface area contributed by atoms with Gasteiger partial charge in [-0.2, -0.15) is 5.10 Å². The fourth-order valence-electron chi connectivity index (χ4n) is 1.74. The number of ether oxygens (including phenoxy) is 1. The fourth-order valence-corrected chi connectivity index (χ4v) is 1.74. The average molecular weight is 247 g/mol. The first-order chi connectivity index (χ1) is 8.74. The van der Waals surface area contributed by atoms with Crippen molar-refractivity contribution in [3.05, 3.63) is 35.7 Å². The van der Waals surface area contributed by atoms with Crippen LogP contribution in [0.4, 0.5) is 0 Å².